The van der Waals surface area contributed by atoms with Gasteiger partial charge in [0.1, 0.15) is 5.60 Å². The van der Waals surface area contributed by atoms with Gasteiger partial charge in [-0.3, -0.25) is 0 Å². The molecular weight excluding hydrogens is 320 g/mol. The average Bonchev–Trinajstić information content (AvgIpc) is 2.43. The molecule has 8 heteroatoms. The molecule has 130 valence electrons. The maximum atomic E-state index is 12.3. The minimum Gasteiger partial charge on any atom is -0.458 e. The van der Waals surface area contributed by atoms with Crippen LogP contribution in [-0.2, 0) is 24.1 Å². The van der Waals surface area contributed by atoms with E-state index in [0.29, 0.717) is 5.69 Å². The Kier molecular flexibility index (Phi) is 6.15. The number of carbonyl (C=O) groups excluding carboxylic acids is 1. The Morgan fingerprint density at radius 3 is 2.09 bits per heavy atom. The third kappa shape index (κ3) is 5.81. The Morgan fingerprint density at radius 1 is 1.13 bits per heavy atom. The number of benzene rings is 1. The third-order valence-corrected chi connectivity index (χ3v) is 3.98. The van der Waals surface area contributed by atoms with Gasteiger partial charge in [0.15, 0.2) is 6.04 Å². The molecule has 0 amide bonds. The summed E-state index contributed by atoms with van der Waals surface area (Å²) < 4.78 is 35.4. The Morgan fingerprint density at radius 2 is 1.65 bits per heavy atom. The third-order valence-electron chi connectivity index (χ3n) is 2.73. The van der Waals surface area contributed by atoms with Gasteiger partial charge in [-0.1, -0.05) is 18.2 Å². The van der Waals surface area contributed by atoms with Gasteiger partial charge in [-0.25, -0.2) is 9.86 Å². The van der Waals surface area contributed by atoms with Gasteiger partial charge in [0.25, 0.3) is 0 Å². The van der Waals surface area contributed by atoms with Gasteiger partial charge in [-0.05, 0) is 39.8 Å². The number of nitrogens with zero attached hydrogens (tertiary/aromatic N) is 2. The highest BCUT2D eigenvalue weighted by Crippen LogP contribution is 2.21. The van der Waals surface area contributed by atoms with Crippen molar-refractivity contribution in [2.75, 3.05) is 19.2 Å². The molecule has 0 aliphatic heterocycles. The molecular formula is C15H24N2O5S. The molecule has 0 saturated heterocycles. The topological polar surface area (TPSA) is 76.1 Å². The zero-order valence-electron chi connectivity index (χ0n) is 14.3. The van der Waals surface area contributed by atoms with E-state index < -0.39 is 27.9 Å². The molecule has 0 saturated carbocycles. The molecule has 0 aliphatic carbocycles. The molecule has 0 radical (unpaired) electrons. The van der Waals surface area contributed by atoms with E-state index in [4.69, 9.17) is 9.02 Å². The minimum atomic E-state index is -4.02. The minimum absolute atomic E-state index is 0.427. The number of ether oxygens (including phenoxy) is 1. The number of hydroxylamine groups is 1. The van der Waals surface area contributed by atoms with Crippen molar-refractivity contribution in [2.45, 2.75) is 39.3 Å². The summed E-state index contributed by atoms with van der Waals surface area (Å²) in [4.78, 5) is 12.3. The van der Waals surface area contributed by atoms with Crippen molar-refractivity contribution < 1.29 is 22.2 Å². The summed E-state index contributed by atoms with van der Waals surface area (Å²) in [6.07, 6.45) is 0. The van der Waals surface area contributed by atoms with E-state index in [1.807, 2.05) is 0 Å². The molecule has 1 aromatic carbocycles. The van der Waals surface area contributed by atoms with Gasteiger partial charge in [-0.15, -0.1) is 4.28 Å². The van der Waals surface area contributed by atoms with Crippen LogP contribution in [-0.4, -0.2) is 44.4 Å². The standard InChI is InChI=1S/C15H24N2O5S/c1-12(14(18)21-15(2,3)4)17(13-10-8-7-9-11-13)22-23(19,20)16(5)6/h7-12H,1-6H3/t12-/m0/s1. The Labute approximate surface area is 138 Å². The fraction of sp³-hybridized carbons (Fsp3) is 0.533. The lowest BCUT2D eigenvalue weighted by atomic mass is 10.2. The predicted octanol–water partition coefficient (Wildman–Crippen LogP) is 1.96. The van der Waals surface area contributed by atoms with Crippen LogP contribution in [0.2, 0.25) is 0 Å². The lowest BCUT2D eigenvalue weighted by molar-refractivity contribution is -0.157. The molecule has 1 rings (SSSR count). The summed E-state index contributed by atoms with van der Waals surface area (Å²) >= 11 is 0. The lowest BCUT2D eigenvalue weighted by Crippen LogP contribution is -2.45. The van der Waals surface area contributed by atoms with Crippen molar-refractivity contribution in [2.24, 2.45) is 0 Å². The number of para-hydroxylation sites is 1. The number of rotatable bonds is 6. The van der Waals surface area contributed by atoms with Gasteiger partial charge < -0.3 is 4.74 Å². The summed E-state index contributed by atoms with van der Waals surface area (Å²) in [6, 6.07) is 7.55. The van der Waals surface area contributed by atoms with Gasteiger partial charge in [-0.2, -0.15) is 12.7 Å². The summed E-state index contributed by atoms with van der Waals surface area (Å²) in [5.74, 6) is -0.588. The molecule has 0 N–H and O–H groups in total. The molecule has 23 heavy (non-hydrogen) atoms. The van der Waals surface area contributed by atoms with Crippen molar-refractivity contribution in [3.8, 4) is 0 Å². The van der Waals surface area contributed by atoms with Crippen molar-refractivity contribution in [3.05, 3.63) is 30.3 Å². The van der Waals surface area contributed by atoms with Crippen molar-refractivity contribution in [1.29, 1.82) is 0 Å². The van der Waals surface area contributed by atoms with Crippen LogP contribution in [0, 0.1) is 0 Å². The van der Waals surface area contributed by atoms with Crippen LogP contribution in [0.15, 0.2) is 30.3 Å². The van der Waals surface area contributed by atoms with Crippen LogP contribution in [0.4, 0.5) is 5.69 Å². The van der Waals surface area contributed by atoms with Gasteiger partial charge in [0.05, 0.1) is 5.69 Å². The first-order valence-electron chi connectivity index (χ1n) is 7.13. The molecule has 1 atom stereocenters. The normalized spacial score (nSPS) is 13.7. The highest BCUT2D eigenvalue weighted by atomic mass is 32.2. The first-order valence-corrected chi connectivity index (χ1v) is 8.50. The number of carbonyl (C=O) groups is 1. The van der Waals surface area contributed by atoms with Crippen LogP contribution < -0.4 is 5.06 Å². The van der Waals surface area contributed by atoms with Crippen LogP contribution in [0.25, 0.3) is 0 Å². The second-order valence-electron chi connectivity index (χ2n) is 6.19. The molecule has 7 nitrogen and oxygen atoms in total. The van der Waals surface area contributed by atoms with Crippen molar-refractivity contribution in [1.82, 2.24) is 4.31 Å². The van der Waals surface area contributed by atoms with Gasteiger partial charge >= 0.3 is 16.3 Å². The monoisotopic (exact) mass is 344 g/mol. The molecule has 0 unspecified atom stereocenters. The van der Waals surface area contributed by atoms with Crippen LogP contribution in [0.1, 0.15) is 27.7 Å². The van der Waals surface area contributed by atoms with E-state index >= 15 is 0 Å². The number of anilines is 1. The van der Waals surface area contributed by atoms with Crippen molar-refractivity contribution >= 4 is 22.0 Å². The number of hydrogen-bond acceptors (Lipinski definition) is 6. The molecule has 1 aromatic rings. The highest BCUT2D eigenvalue weighted by Gasteiger charge is 2.32. The van der Waals surface area contributed by atoms with E-state index in [1.165, 1.54) is 21.0 Å². The van der Waals surface area contributed by atoms with E-state index in [0.717, 1.165) is 9.37 Å². The Hall–Kier alpha value is -1.64. The van der Waals surface area contributed by atoms with Gasteiger partial charge in [0.2, 0.25) is 0 Å². The average molecular weight is 344 g/mol. The zero-order valence-corrected chi connectivity index (χ0v) is 15.1. The molecule has 0 fully saturated rings. The fourth-order valence-corrected chi connectivity index (χ4v) is 2.11. The van der Waals surface area contributed by atoms with E-state index in [9.17, 15) is 13.2 Å². The molecule has 0 heterocycles. The SMILES string of the molecule is C[C@@H](C(=O)OC(C)(C)C)N(OS(=O)(=O)N(C)C)c1ccccc1. The smallest absolute Gasteiger partial charge is 0.358 e. The fourth-order valence-electron chi connectivity index (χ4n) is 1.56. The Bertz CT molecular complexity index is 623. The maximum Gasteiger partial charge on any atom is 0.358 e. The second kappa shape index (κ2) is 7.29. The summed E-state index contributed by atoms with van der Waals surface area (Å²) in [5.41, 5.74) is -0.259. The van der Waals surface area contributed by atoms with E-state index in [-0.39, 0.29) is 0 Å². The van der Waals surface area contributed by atoms with Crippen LogP contribution >= 0.6 is 0 Å². The van der Waals surface area contributed by atoms with Crippen molar-refractivity contribution in [3.63, 3.8) is 0 Å². The summed E-state index contributed by atoms with van der Waals surface area (Å²) in [7, 11) is -1.33. The largest absolute Gasteiger partial charge is 0.458 e. The Balaban J connectivity index is 3.12. The van der Waals surface area contributed by atoms with E-state index in [1.54, 1.807) is 51.1 Å². The lowest BCUT2D eigenvalue weighted by Gasteiger charge is -2.30. The molecule has 0 aliphatic rings. The second-order valence-corrected chi connectivity index (χ2v) is 7.92. The first-order chi connectivity index (χ1) is 10.4. The van der Waals surface area contributed by atoms with E-state index in [2.05, 4.69) is 0 Å². The van der Waals surface area contributed by atoms with Gasteiger partial charge in [0, 0.05) is 14.1 Å². The summed E-state index contributed by atoms with van der Waals surface area (Å²) in [6.45, 7) is 6.73. The quantitative estimate of drug-likeness (QED) is 0.580. The van der Waals surface area contributed by atoms with Crippen LogP contribution in [0.3, 0.4) is 0 Å². The maximum absolute atomic E-state index is 12.3. The number of esters is 1. The highest BCUT2D eigenvalue weighted by molar-refractivity contribution is 7.84. The van der Waals surface area contributed by atoms with Crippen LogP contribution in [0.5, 0.6) is 0 Å². The first kappa shape index (κ1) is 19.4. The molecule has 0 spiro atoms. The summed E-state index contributed by atoms with van der Waals surface area (Å²) in [5, 5.41) is 1.03. The zero-order chi connectivity index (χ0) is 17.8. The molecule has 0 bridgehead atoms. The predicted molar refractivity (Wildman–Crippen MR) is 87.9 cm³/mol. The molecule has 0 aromatic heterocycles. The number of hydrogen-bond donors (Lipinski definition) is 0.